The summed E-state index contributed by atoms with van der Waals surface area (Å²) in [5, 5.41) is 2.88. The lowest BCUT2D eigenvalue weighted by atomic mass is 10.0. The van der Waals surface area contributed by atoms with Crippen molar-refractivity contribution in [1.29, 1.82) is 0 Å². The van der Waals surface area contributed by atoms with Crippen molar-refractivity contribution in [3.8, 4) is 11.5 Å². The molecule has 1 unspecified atom stereocenters. The average Bonchev–Trinajstić information content (AvgIpc) is 3.09. The molecule has 0 aromatic heterocycles. The summed E-state index contributed by atoms with van der Waals surface area (Å²) in [4.78, 5) is 52.7. The van der Waals surface area contributed by atoms with E-state index in [1.807, 2.05) is 51.1 Å². The Morgan fingerprint density at radius 3 is 2.17 bits per heavy atom. The third-order valence-corrected chi connectivity index (χ3v) is 5.58. The molecule has 3 rings (SSSR count). The van der Waals surface area contributed by atoms with E-state index in [2.05, 4.69) is 5.32 Å². The van der Waals surface area contributed by atoms with Gasteiger partial charge in [0.2, 0.25) is 5.91 Å². The second kappa shape index (κ2) is 12.7. The summed E-state index contributed by atoms with van der Waals surface area (Å²) >= 11 is 0. The summed E-state index contributed by atoms with van der Waals surface area (Å²) < 4.78 is 11.4. The lowest BCUT2D eigenvalue weighted by Crippen LogP contribution is -2.42. The molecule has 0 spiro atoms. The lowest BCUT2D eigenvalue weighted by molar-refractivity contribution is -0.140. The SMILES string of the molecule is CCCOc1ccc(N2C(=O)C(=O)N(CC(=O)NC(CCC)c3ccccc3)C2=O)cc1OCCC. The minimum atomic E-state index is -1.05. The molecule has 1 heterocycles. The first-order valence-electron chi connectivity index (χ1n) is 12.3. The number of rotatable bonds is 13. The summed E-state index contributed by atoms with van der Waals surface area (Å²) in [6.45, 7) is 6.27. The molecule has 1 saturated heterocycles. The third-order valence-electron chi connectivity index (χ3n) is 5.58. The summed E-state index contributed by atoms with van der Waals surface area (Å²) in [6.07, 6.45) is 3.07. The van der Waals surface area contributed by atoms with Crippen molar-refractivity contribution in [1.82, 2.24) is 10.2 Å². The smallest absolute Gasteiger partial charge is 0.339 e. The number of hydrogen-bond donors (Lipinski definition) is 1. The van der Waals surface area contributed by atoms with E-state index in [4.69, 9.17) is 9.47 Å². The monoisotopic (exact) mass is 495 g/mol. The Hall–Kier alpha value is -3.88. The zero-order chi connectivity index (χ0) is 26.1. The van der Waals surface area contributed by atoms with E-state index < -0.39 is 30.3 Å². The van der Waals surface area contributed by atoms with Gasteiger partial charge in [-0.15, -0.1) is 0 Å². The Balaban J connectivity index is 1.77. The van der Waals surface area contributed by atoms with Crippen LogP contribution in [0.1, 0.15) is 58.1 Å². The van der Waals surface area contributed by atoms with Gasteiger partial charge in [-0.25, -0.2) is 14.6 Å². The number of amides is 5. The first kappa shape index (κ1) is 26.7. The van der Waals surface area contributed by atoms with Gasteiger partial charge in [-0.2, -0.15) is 0 Å². The summed E-state index contributed by atoms with van der Waals surface area (Å²) in [7, 11) is 0. The Labute approximate surface area is 211 Å². The summed E-state index contributed by atoms with van der Waals surface area (Å²) in [5.41, 5.74) is 1.10. The fraction of sp³-hybridized carbons (Fsp3) is 0.407. The van der Waals surface area contributed by atoms with E-state index in [0.717, 1.165) is 29.7 Å². The second-order valence-electron chi connectivity index (χ2n) is 8.46. The van der Waals surface area contributed by atoms with Crippen LogP contribution in [-0.2, 0) is 14.4 Å². The van der Waals surface area contributed by atoms with Crippen LogP contribution in [0.25, 0.3) is 0 Å². The van der Waals surface area contributed by atoms with Gasteiger partial charge in [0.15, 0.2) is 11.5 Å². The molecule has 1 aliphatic heterocycles. The molecular formula is C27H33N3O6. The minimum absolute atomic E-state index is 0.171. The van der Waals surface area contributed by atoms with Gasteiger partial charge >= 0.3 is 17.8 Å². The van der Waals surface area contributed by atoms with Crippen LogP contribution in [0.2, 0.25) is 0 Å². The predicted molar refractivity (Wildman–Crippen MR) is 135 cm³/mol. The van der Waals surface area contributed by atoms with Crippen molar-refractivity contribution >= 4 is 29.4 Å². The lowest BCUT2D eigenvalue weighted by Gasteiger charge is -2.21. The van der Waals surface area contributed by atoms with Gasteiger partial charge in [0, 0.05) is 6.07 Å². The molecule has 0 radical (unpaired) electrons. The van der Waals surface area contributed by atoms with Gasteiger partial charge in [0.05, 0.1) is 24.9 Å². The van der Waals surface area contributed by atoms with E-state index in [1.54, 1.807) is 6.07 Å². The van der Waals surface area contributed by atoms with E-state index in [0.29, 0.717) is 36.0 Å². The largest absolute Gasteiger partial charge is 0.490 e. The maximum Gasteiger partial charge on any atom is 0.339 e. The maximum atomic E-state index is 13.1. The predicted octanol–water partition coefficient (Wildman–Crippen LogP) is 4.22. The number of ether oxygens (including phenoxy) is 2. The summed E-state index contributed by atoms with van der Waals surface area (Å²) in [6, 6.07) is 12.9. The highest BCUT2D eigenvalue weighted by molar-refractivity contribution is 6.53. The molecule has 0 bridgehead atoms. The highest BCUT2D eigenvalue weighted by atomic mass is 16.5. The molecule has 2 aromatic carbocycles. The number of benzene rings is 2. The number of carbonyl (C=O) groups excluding carboxylic acids is 4. The number of anilines is 1. The number of nitrogens with one attached hydrogen (secondary N) is 1. The molecule has 192 valence electrons. The Kier molecular flexibility index (Phi) is 9.44. The van der Waals surface area contributed by atoms with Crippen LogP contribution in [0.15, 0.2) is 48.5 Å². The summed E-state index contributed by atoms with van der Waals surface area (Å²) in [5.74, 6) is -1.74. The highest BCUT2D eigenvalue weighted by Crippen LogP contribution is 2.34. The van der Waals surface area contributed by atoms with E-state index >= 15 is 0 Å². The van der Waals surface area contributed by atoms with Crippen molar-refractivity contribution in [3.63, 3.8) is 0 Å². The van der Waals surface area contributed by atoms with E-state index in [-0.39, 0.29) is 11.7 Å². The Bertz CT molecular complexity index is 1090. The first-order valence-corrected chi connectivity index (χ1v) is 12.3. The normalized spacial score (nSPS) is 14.2. The number of carbonyl (C=O) groups is 4. The fourth-order valence-corrected chi connectivity index (χ4v) is 3.84. The molecular weight excluding hydrogens is 462 g/mol. The standard InChI is InChI=1S/C27H33N3O6/c1-4-10-21(19-11-8-7-9-12-19)28-24(31)18-29-25(32)26(33)30(27(29)34)20-13-14-22(35-15-5-2)23(17-20)36-16-6-3/h7-9,11-14,17,21H,4-6,10,15-16,18H2,1-3H3,(H,28,31). The molecule has 5 amide bonds. The molecule has 36 heavy (non-hydrogen) atoms. The quantitative estimate of drug-likeness (QED) is 0.330. The van der Waals surface area contributed by atoms with Crippen LogP contribution in [0.4, 0.5) is 10.5 Å². The molecule has 0 aliphatic carbocycles. The van der Waals surface area contributed by atoms with Crippen LogP contribution >= 0.6 is 0 Å². The van der Waals surface area contributed by atoms with Crippen molar-refractivity contribution in [2.24, 2.45) is 0 Å². The van der Waals surface area contributed by atoms with Crippen molar-refractivity contribution in [2.75, 3.05) is 24.7 Å². The second-order valence-corrected chi connectivity index (χ2v) is 8.46. The average molecular weight is 496 g/mol. The third kappa shape index (κ3) is 6.21. The molecule has 1 fully saturated rings. The van der Waals surface area contributed by atoms with Crippen molar-refractivity contribution in [3.05, 3.63) is 54.1 Å². The van der Waals surface area contributed by atoms with Crippen molar-refractivity contribution < 1.29 is 28.7 Å². The van der Waals surface area contributed by atoms with Gasteiger partial charge in [0.1, 0.15) is 6.54 Å². The minimum Gasteiger partial charge on any atom is -0.490 e. The van der Waals surface area contributed by atoms with Gasteiger partial charge < -0.3 is 14.8 Å². The highest BCUT2D eigenvalue weighted by Gasteiger charge is 2.46. The fourth-order valence-electron chi connectivity index (χ4n) is 3.84. The number of imide groups is 2. The molecule has 9 nitrogen and oxygen atoms in total. The van der Waals surface area contributed by atoms with Gasteiger partial charge in [-0.05, 0) is 37.0 Å². The molecule has 1 atom stereocenters. The Morgan fingerprint density at radius 2 is 1.53 bits per heavy atom. The van der Waals surface area contributed by atoms with Crippen LogP contribution in [0.5, 0.6) is 11.5 Å². The molecule has 1 N–H and O–H groups in total. The van der Waals surface area contributed by atoms with Crippen LogP contribution in [0, 0.1) is 0 Å². The van der Waals surface area contributed by atoms with Gasteiger partial charge in [0.25, 0.3) is 0 Å². The first-order chi connectivity index (χ1) is 17.4. The Morgan fingerprint density at radius 1 is 0.861 bits per heavy atom. The molecule has 0 saturated carbocycles. The maximum absolute atomic E-state index is 13.1. The molecule has 1 aliphatic rings. The van der Waals surface area contributed by atoms with Crippen LogP contribution < -0.4 is 19.7 Å². The zero-order valence-electron chi connectivity index (χ0n) is 21.0. The van der Waals surface area contributed by atoms with Crippen LogP contribution in [0.3, 0.4) is 0 Å². The molecule has 2 aromatic rings. The van der Waals surface area contributed by atoms with Crippen LogP contribution in [-0.4, -0.2) is 48.4 Å². The number of hydrogen-bond acceptors (Lipinski definition) is 6. The van der Waals surface area contributed by atoms with E-state index in [1.165, 1.54) is 12.1 Å². The zero-order valence-corrected chi connectivity index (χ0v) is 21.0. The van der Waals surface area contributed by atoms with Crippen molar-refractivity contribution in [2.45, 2.75) is 52.5 Å². The van der Waals surface area contributed by atoms with E-state index in [9.17, 15) is 19.2 Å². The number of urea groups is 1. The number of nitrogens with zero attached hydrogens (tertiary/aromatic N) is 2. The van der Waals surface area contributed by atoms with Gasteiger partial charge in [-0.3, -0.25) is 14.4 Å². The topological polar surface area (TPSA) is 105 Å². The van der Waals surface area contributed by atoms with Gasteiger partial charge in [-0.1, -0.05) is 57.5 Å². The molecule has 9 heteroatoms.